The van der Waals surface area contributed by atoms with Crippen LogP contribution in [-0.2, 0) is 11.3 Å². The van der Waals surface area contributed by atoms with Gasteiger partial charge in [0, 0.05) is 30.3 Å². The summed E-state index contributed by atoms with van der Waals surface area (Å²) in [5.41, 5.74) is 1.44. The molecule has 0 atom stereocenters. The van der Waals surface area contributed by atoms with Crippen molar-refractivity contribution in [2.24, 2.45) is 0 Å². The van der Waals surface area contributed by atoms with Crippen molar-refractivity contribution in [1.29, 1.82) is 0 Å². The highest BCUT2D eigenvalue weighted by Gasteiger charge is 2.05. The van der Waals surface area contributed by atoms with E-state index in [-0.39, 0.29) is 11.6 Å². The van der Waals surface area contributed by atoms with E-state index in [0.29, 0.717) is 17.9 Å². The Kier molecular flexibility index (Phi) is 5.46. The average Bonchev–Trinajstić information content (AvgIpc) is 2.58. The van der Waals surface area contributed by atoms with Crippen LogP contribution in [0.1, 0.15) is 11.1 Å². The molecular weight excluding hydrogens is 296 g/mol. The van der Waals surface area contributed by atoms with Crippen molar-refractivity contribution < 1.29 is 14.5 Å². The maximum atomic E-state index is 11.8. The van der Waals surface area contributed by atoms with E-state index in [1.807, 2.05) is 24.3 Å². The fourth-order valence-electron chi connectivity index (χ4n) is 2.00. The molecule has 0 aliphatic heterocycles. The summed E-state index contributed by atoms with van der Waals surface area (Å²) in [6.45, 7) is 0.335. The monoisotopic (exact) mass is 312 g/mol. The number of hydrogen-bond acceptors (Lipinski definition) is 4. The number of amides is 1. The van der Waals surface area contributed by atoms with E-state index in [0.717, 1.165) is 5.56 Å². The summed E-state index contributed by atoms with van der Waals surface area (Å²) in [6, 6.07) is 13.5. The number of nitrogens with zero attached hydrogens (tertiary/aromatic N) is 1. The van der Waals surface area contributed by atoms with Gasteiger partial charge in [0.1, 0.15) is 5.75 Å². The quantitative estimate of drug-likeness (QED) is 0.505. The summed E-state index contributed by atoms with van der Waals surface area (Å²) in [6.07, 6.45) is 2.87. The van der Waals surface area contributed by atoms with Gasteiger partial charge in [-0.3, -0.25) is 14.9 Å². The fourth-order valence-corrected chi connectivity index (χ4v) is 2.00. The minimum absolute atomic E-state index is 0.0124. The number of carbonyl (C=O) groups excluding carboxylic acids is 1. The fraction of sp³-hybridized carbons (Fsp3) is 0.118. The summed E-state index contributed by atoms with van der Waals surface area (Å²) < 4.78 is 5.21. The average molecular weight is 312 g/mol. The summed E-state index contributed by atoms with van der Waals surface area (Å²) in [5.74, 6) is 0.415. The van der Waals surface area contributed by atoms with Crippen molar-refractivity contribution in [1.82, 2.24) is 5.32 Å². The van der Waals surface area contributed by atoms with Crippen LogP contribution in [0.15, 0.2) is 54.6 Å². The highest BCUT2D eigenvalue weighted by atomic mass is 16.6. The minimum Gasteiger partial charge on any atom is -0.496 e. The highest BCUT2D eigenvalue weighted by Crippen LogP contribution is 2.17. The van der Waals surface area contributed by atoms with Crippen LogP contribution >= 0.6 is 0 Å². The van der Waals surface area contributed by atoms with Gasteiger partial charge in [-0.15, -0.1) is 0 Å². The normalized spacial score (nSPS) is 10.5. The Balaban J connectivity index is 1.97. The molecule has 0 radical (unpaired) electrons. The molecule has 2 rings (SSSR count). The van der Waals surface area contributed by atoms with Crippen LogP contribution in [0.25, 0.3) is 6.08 Å². The first kappa shape index (κ1) is 16.2. The van der Waals surface area contributed by atoms with Gasteiger partial charge in [0.2, 0.25) is 5.91 Å². The molecule has 23 heavy (non-hydrogen) atoms. The first-order valence-electron chi connectivity index (χ1n) is 6.92. The molecule has 1 N–H and O–H groups in total. The Morgan fingerprint density at radius 3 is 2.78 bits per heavy atom. The molecule has 0 saturated carbocycles. The molecule has 0 fully saturated rings. The molecule has 0 aliphatic rings. The standard InChI is InChI=1S/C17H16N2O4/c1-23-16-8-3-2-6-14(16)12-18-17(20)10-9-13-5-4-7-15(11-13)19(21)22/h2-11H,12H2,1H3,(H,18,20)/b10-9+. The second kappa shape index (κ2) is 7.74. The number of methoxy groups -OCH3 is 1. The largest absolute Gasteiger partial charge is 0.496 e. The molecule has 0 saturated heterocycles. The van der Waals surface area contributed by atoms with Crippen LogP contribution in [0.2, 0.25) is 0 Å². The third kappa shape index (κ3) is 4.67. The number of nitro groups is 1. The van der Waals surface area contributed by atoms with Gasteiger partial charge in [0.15, 0.2) is 0 Å². The molecule has 0 aliphatic carbocycles. The molecule has 6 heteroatoms. The highest BCUT2D eigenvalue weighted by molar-refractivity contribution is 5.91. The smallest absolute Gasteiger partial charge is 0.270 e. The summed E-state index contributed by atoms with van der Waals surface area (Å²) in [7, 11) is 1.57. The Morgan fingerprint density at radius 2 is 2.04 bits per heavy atom. The van der Waals surface area contributed by atoms with E-state index in [2.05, 4.69) is 5.32 Å². The van der Waals surface area contributed by atoms with Gasteiger partial charge in [-0.2, -0.15) is 0 Å². The summed E-state index contributed by atoms with van der Waals surface area (Å²) in [5, 5.41) is 13.4. The summed E-state index contributed by atoms with van der Waals surface area (Å²) >= 11 is 0. The molecule has 6 nitrogen and oxygen atoms in total. The lowest BCUT2D eigenvalue weighted by Gasteiger charge is -2.08. The zero-order valence-corrected chi connectivity index (χ0v) is 12.6. The Hall–Kier alpha value is -3.15. The number of benzene rings is 2. The predicted molar refractivity (Wildman–Crippen MR) is 87.0 cm³/mol. The van der Waals surface area contributed by atoms with Gasteiger partial charge in [0.25, 0.3) is 5.69 Å². The number of para-hydroxylation sites is 1. The van der Waals surface area contributed by atoms with Crippen molar-refractivity contribution in [2.75, 3.05) is 7.11 Å². The van der Waals surface area contributed by atoms with Crippen LogP contribution in [0, 0.1) is 10.1 Å². The third-order valence-corrected chi connectivity index (χ3v) is 3.15. The van der Waals surface area contributed by atoms with Crippen molar-refractivity contribution in [3.05, 3.63) is 75.8 Å². The number of nitrogens with one attached hydrogen (secondary N) is 1. The number of carbonyl (C=O) groups is 1. The number of nitro benzene ring substituents is 1. The Morgan fingerprint density at radius 1 is 1.26 bits per heavy atom. The second-order valence-corrected chi connectivity index (χ2v) is 4.72. The first-order chi connectivity index (χ1) is 11.1. The van der Waals surface area contributed by atoms with E-state index in [1.54, 1.807) is 19.2 Å². The Labute approximate surface area is 133 Å². The van der Waals surface area contributed by atoms with Gasteiger partial charge >= 0.3 is 0 Å². The molecule has 0 spiro atoms. The van der Waals surface area contributed by atoms with Crippen molar-refractivity contribution >= 4 is 17.7 Å². The molecule has 118 valence electrons. The lowest BCUT2D eigenvalue weighted by atomic mass is 10.2. The van der Waals surface area contributed by atoms with Crippen molar-refractivity contribution in [2.45, 2.75) is 6.54 Å². The summed E-state index contributed by atoms with van der Waals surface area (Å²) in [4.78, 5) is 22.1. The lowest BCUT2D eigenvalue weighted by molar-refractivity contribution is -0.384. The van der Waals surface area contributed by atoms with Crippen molar-refractivity contribution in [3.8, 4) is 5.75 Å². The molecule has 0 aromatic heterocycles. The molecule has 2 aromatic rings. The maximum Gasteiger partial charge on any atom is 0.270 e. The molecule has 0 unspecified atom stereocenters. The van der Waals surface area contributed by atoms with Gasteiger partial charge in [-0.1, -0.05) is 30.3 Å². The molecule has 0 heterocycles. The van der Waals surface area contributed by atoms with Crippen LogP contribution in [-0.4, -0.2) is 17.9 Å². The number of ether oxygens (including phenoxy) is 1. The van der Waals surface area contributed by atoms with Crippen LogP contribution in [0.4, 0.5) is 5.69 Å². The second-order valence-electron chi connectivity index (χ2n) is 4.72. The maximum absolute atomic E-state index is 11.8. The zero-order valence-electron chi connectivity index (χ0n) is 12.6. The molecule has 2 aromatic carbocycles. The predicted octanol–water partition coefficient (Wildman–Crippen LogP) is 2.93. The van der Waals surface area contributed by atoms with E-state index >= 15 is 0 Å². The minimum atomic E-state index is -0.473. The number of hydrogen-bond donors (Lipinski definition) is 1. The molecule has 1 amide bonds. The van der Waals surface area contributed by atoms with Gasteiger partial charge in [-0.25, -0.2) is 0 Å². The van der Waals surface area contributed by atoms with E-state index in [9.17, 15) is 14.9 Å². The number of non-ortho nitro benzene ring substituents is 1. The SMILES string of the molecule is COc1ccccc1CNC(=O)/C=C/c1cccc([N+](=O)[O-])c1. The first-order valence-corrected chi connectivity index (χ1v) is 6.92. The van der Waals surface area contributed by atoms with E-state index in [4.69, 9.17) is 4.74 Å². The molecule has 0 bridgehead atoms. The zero-order chi connectivity index (χ0) is 16.7. The molecular formula is C17H16N2O4. The van der Waals surface area contributed by atoms with E-state index < -0.39 is 4.92 Å². The topological polar surface area (TPSA) is 81.5 Å². The van der Waals surface area contributed by atoms with Gasteiger partial charge < -0.3 is 10.1 Å². The third-order valence-electron chi connectivity index (χ3n) is 3.15. The van der Waals surface area contributed by atoms with Crippen molar-refractivity contribution in [3.63, 3.8) is 0 Å². The van der Waals surface area contributed by atoms with Gasteiger partial charge in [-0.05, 0) is 17.7 Å². The lowest BCUT2D eigenvalue weighted by Crippen LogP contribution is -2.20. The van der Waals surface area contributed by atoms with Crippen LogP contribution < -0.4 is 10.1 Å². The Bertz CT molecular complexity index is 741. The number of rotatable bonds is 6. The van der Waals surface area contributed by atoms with E-state index in [1.165, 1.54) is 24.3 Å². The van der Waals surface area contributed by atoms with Crippen LogP contribution in [0.5, 0.6) is 5.75 Å². The van der Waals surface area contributed by atoms with Crippen LogP contribution in [0.3, 0.4) is 0 Å². The van der Waals surface area contributed by atoms with Gasteiger partial charge in [0.05, 0.1) is 12.0 Å².